The highest BCUT2D eigenvalue weighted by Crippen LogP contribution is 2.59. The summed E-state index contributed by atoms with van der Waals surface area (Å²) in [6.07, 6.45) is 1.33. The molecule has 0 saturated heterocycles. The van der Waals surface area contributed by atoms with Gasteiger partial charge in [0.2, 0.25) is 0 Å². The second-order valence-corrected chi connectivity index (χ2v) is 12.1. The number of carbonyl (C=O) groups is 3. The third-order valence-corrected chi connectivity index (χ3v) is 10.0. The van der Waals surface area contributed by atoms with Gasteiger partial charge in [-0.25, -0.2) is 0 Å². The van der Waals surface area contributed by atoms with Gasteiger partial charge in [-0.15, -0.1) is 18.3 Å². The highest BCUT2D eigenvalue weighted by molar-refractivity contribution is 8.00. The second kappa shape index (κ2) is 10.6. The number of Topliss-reactive ketones (excluding diaryl/α,β-unsaturated/α-hetero) is 1. The fraction of sp³-hybridized carbons (Fsp3) is 0.607. The maximum absolute atomic E-state index is 14.4. The minimum absolute atomic E-state index is 0.0481. The summed E-state index contributed by atoms with van der Waals surface area (Å²) in [5, 5.41) is 21.0. The number of hydrogen-bond acceptors (Lipinski definition) is 7. The first-order chi connectivity index (χ1) is 16.8. The molecule has 36 heavy (non-hydrogen) atoms. The molecular weight excluding hydrogens is 478 g/mol. The van der Waals surface area contributed by atoms with Gasteiger partial charge in [0, 0.05) is 27.8 Å². The highest BCUT2D eigenvalue weighted by atomic mass is 32.2. The average Bonchev–Trinajstić information content (AvgIpc) is 2.84. The van der Waals surface area contributed by atoms with E-state index in [1.165, 1.54) is 11.8 Å². The van der Waals surface area contributed by atoms with Crippen molar-refractivity contribution < 1.29 is 29.3 Å². The number of carboxylic acid groups (broad SMARTS) is 1. The first-order valence-electron chi connectivity index (χ1n) is 12.6. The van der Waals surface area contributed by atoms with Gasteiger partial charge in [-0.3, -0.25) is 14.4 Å². The molecule has 0 aromatic heterocycles. The molecule has 8 heteroatoms. The fourth-order valence-electron chi connectivity index (χ4n) is 6.25. The van der Waals surface area contributed by atoms with Gasteiger partial charge in [-0.1, -0.05) is 32.9 Å². The van der Waals surface area contributed by atoms with Crippen molar-refractivity contribution in [1.29, 1.82) is 0 Å². The van der Waals surface area contributed by atoms with Crippen LogP contribution in [0, 0.1) is 28.1 Å². The number of aliphatic hydroxyl groups is 1. The molecule has 0 spiro atoms. The predicted molar refractivity (Wildman–Crippen MR) is 140 cm³/mol. The number of nitrogens with two attached hydrogens (primary N) is 1. The van der Waals surface area contributed by atoms with Crippen LogP contribution in [0.3, 0.4) is 0 Å². The van der Waals surface area contributed by atoms with Crippen molar-refractivity contribution in [1.82, 2.24) is 0 Å². The molecule has 0 heterocycles. The van der Waals surface area contributed by atoms with E-state index in [1.54, 1.807) is 18.2 Å². The van der Waals surface area contributed by atoms with Crippen LogP contribution in [0.15, 0.2) is 41.8 Å². The van der Waals surface area contributed by atoms with E-state index in [4.69, 9.17) is 10.5 Å². The van der Waals surface area contributed by atoms with Crippen molar-refractivity contribution in [3.63, 3.8) is 0 Å². The Kier molecular flexibility index (Phi) is 8.30. The lowest BCUT2D eigenvalue weighted by Gasteiger charge is -2.58. The number of ether oxygens (including phenoxy) is 1. The van der Waals surface area contributed by atoms with Crippen molar-refractivity contribution in [2.45, 2.75) is 76.9 Å². The van der Waals surface area contributed by atoms with Crippen LogP contribution in [0.2, 0.25) is 0 Å². The lowest BCUT2D eigenvalue weighted by Crippen LogP contribution is -2.64. The van der Waals surface area contributed by atoms with Gasteiger partial charge in [0.1, 0.15) is 11.9 Å². The Morgan fingerprint density at radius 1 is 1.31 bits per heavy atom. The van der Waals surface area contributed by atoms with E-state index in [0.717, 1.165) is 4.90 Å². The van der Waals surface area contributed by atoms with E-state index in [2.05, 4.69) is 6.58 Å². The van der Waals surface area contributed by atoms with E-state index >= 15 is 0 Å². The first kappa shape index (κ1) is 28.3. The van der Waals surface area contributed by atoms with Crippen LogP contribution < -0.4 is 5.73 Å². The monoisotopic (exact) mass is 517 g/mol. The highest BCUT2D eigenvalue weighted by Gasteiger charge is 2.64. The van der Waals surface area contributed by atoms with E-state index in [1.807, 2.05) is 39.8 Å². The number of aliphatic carboxylic acids is 1. The molecule has 7 atom stereocenters. The third-order valence-electron chi connectivity index (χ3n) is 9.04. The molecule has 1 unspecified atom stereocenters. The average molecular weight is 518 g/mol. The largest absolute Gasteiger partial charge is 0.481 e. The summed E-state index contributed by atoms with van der Waals surface area (Å²) >= 11 is 1.31. The third kappa shape index (κ3) is 5.07. The van der Waals surface area contributed by atoms with Gasteiger partial charge >= 0.3 is 11.9 Å². The Bertz CT molecular complexity index is 1030. The number of hydrogen-bond donors (Lipinski definition) is 3. The number of ketones is 1. The van der Waals surface area contributed by atoms with Crippen LogP contribution in [-0.2, 0) is 19.1 Å². The van der Waals surface area contributed by atoms with E-state index in [-0.39, 0.29) is 36.7 Å². The number of benzene rings is 1. The lowest BCUT2D eigenvalue weighted by molar-refractivity contribution is -0.191. The number of aliphatic hydroxyl groups excluding tert-OH is 1. The minimum Gasteiger partial charge on any atom is -0.481 e. The number of nitrogen functional groups attached to an aromatic ring is 1. The molecule has 7 nitrogen and oxygen atoms in total. The van der Waals surface area contributed by atoms with E-state index in [9.17, 15) is 24.6 Å². The maximum atomic E-state index is 14.4. The summed E-state index contributed by atoms with van der Waals surface area (Å²) in [6, 6.07) is 7.23. The van der Waals surface area contributed by atoms with Crippen molar-refractivity contribution in [3.8, 4) is 0 Å². The Morgan fingerprint density at radius 2 is 2.00 bits per heavy atom. The molecule has 0 radical (unpaired) electrons. The van der Waals surface area contributed by atoms with E-state index < -0.39 is 46.3 Å². The lowest BCUT2D eigenvalue weighted by atomic mass is 9.46. The number of anilines is 1. The summed E-state index contributed by atoms with van der Waals surface area (Å²) < 4.78 is 6.07. The Morgan fingerprint density at radius 3 is 2.61 bits per heavy atom. The van der Waals surface area contributed by atoms with Gasteiger partial charge in [0.05, 0.1) is 17.3 Å². The summed E-state index contributed by atoms with van der Waals surface area (Å²) in [4.78, 5) is 39.8. The maximum Gasteiger partial charge on any atom is 0.316 e. The van der Waals surface area contributed by atoms with Crippen LogP contribution in [0.4, 0.5) is 5.69 Å². The summed E-state index contributed by atoms with van der Waals surface area (Å²) in [5.41, 5.74) is 3.56. The van der Waals surface area contributed by atoms with Gasteiger partial charge in [-0.2, -0.15) is 0 Å². The zero-order valence-electron chi connectivity index (χ0n) is 21.7. The molecule has 4 N–H and O–H groups in total. The quantitative estimate of drug-likeness (QED) is 0.196. The zero-order chi connectivity index (χ0) is 26.9. The van der Waals surface area contributed by atoms with E-state index in [0.29, 0.717) is 18.5 Å². The van der Waals surface area contributed by atoms with Gasteiger partial charge in [0.25, 0.3) is 0 Å². The topological polar surface area (TPSA) is 127 Å². The molecular formula is C28H39NO6S. The van der Waals surface area contributed by atoms with Crippen LogP contribution in [0.5, 0.6) is 0 Å². The summed E-state index contributed by atoms with van der Waals surface area (Å²) in [7, 11) is 0. The predicted octanol–water partition coefficient (Wildman–Crippen LogP) is 4.72. The van der Waals surface area contributed by atoms with Crippen LogP contribution in [-0.4, -0.2) is 45.9 Å². The van der Waals surface area contributed by atoms with Crippen molar-refractivity contribution >= 4 is 35.2 Å². The molecule has 2 saturated carbocycles. The SMILES string of the molecule is C=C[C@]1(C)C[C@@H](OC(=O)CSc2cccc(N)c2)[C@@]2(C)C(=O)[C@](CCC(=O)O)(CCC2C)[C@@H](C)[C@@H]1O. The zero-order valence-corrected chi connectivity index (χ0v) is 22.5. The molecule has 3 rings (SSSR count). The first-order valence-corrected chi connectivity index (χ1v) is 13.5. The summed E-state index contributed by atoms with van der Waals surface area (Å²) in [6.45, 7) is 11.5. The Hall–Kier alpha value is -2.32. The van der Waals surface area contributed by atoms with Crippen molar-refractivity contribution in [2.75, 3.05) is 11.5 Å². The summed E-state index contributed by atoms with van der Waals surface area (Å²) in [5.74, 6) is -2.05. The Balaban J connectivity index is 1.98. The van der Waals surface area contributed by atoms with Gasteiger partial charge < -0.3 is 20.7 Å². The van der Waals surface area contributed by atoms with Gasteiger partial charge in [-0.05, 0) is 62.6 Å². The number of carboxylic acids is 1. The number of thioether (sulfide) groups is 1. The van der Waals surface area contributed by atoms with Crippen LogP contribution in [0.25, 0.3) is 0 Å². The smallest absolute Gasteiger partial charge is 0.316 e. The normalized spacial score (nSPS) is 36.4. The van der Waals surface area contributed by atoms with Gasteiger partial charge in [0.15, 0.2) is 0 Å². The number of rotatable bonds is 8. The number of esters is 1. The van der Waals surface area contributed by atoms with Crippen LogP contribution >= 0.6 is 11.8 Å². The Labute approximate surface area is 217 Å². The number of carbonyl (C=O) groups excluding carboxylic acids is 2. The standard InChI is InChI=1S/C28H39NO6S/c1-6-26(4)15-21(35-23(32)16-36-20-9-7-8-19(29)14-20)27(5)17(2)10-12-28(25(27)34,13-11-22(30)31)18(3)24(26)33/h6-9,14,17-18,21,24,33H,1,10-13,15-16,29H2,2-5H3,(H,30,31)/t17?,18-,21+,24-,26+,27-,28-/m0/s1. The molecule has 198 valence electrons. The molecule has 2 aliphatic rings. The molecule has 2 fully saturated rings. The molecule has 2 bridgehead atoms. The van der Waals surface area contributed by atoms with Crippen LogP contribution in [0.1, 0.15) is 59.8 Å². The van der Waals surface area contributed by atoms with Crippen molar-refractivity contribution in [2.24, 2.45) is 28.1 Å². The van der Waals surface area contributed by atoms with Crippen molar-refractivity contribution in [3.05, 3.63) is 36.9 Å². The molecule has 1 aromatic carbocycles. The fourth-order valence-corrected chi connectivity index (χ4v) is 7.00. The molecule has 0 amide bonds. The minimum atomic E-state index is -1.02. The second-order valence-electron chi connectivity index (χ2n) is 11.1. The molecule has 1 aromatic rings. The number of fused-ring (bicyclic) bond motifs is 2. The molecule has 2 aliphatic carbocycles. The molecule has 0 aliphatic heterocycles.